The smallest absolute Gasteiger partial charge is 0.330 e. The monoisotopic (exact) mass is 460 g/mol. The van der Waals surface area contributed by atoms with Gasteiger partial charge in [0.2, 0.25) is 5.91 Å². The Morgan fingerprint density at radius 3 is 2.75 bits per heavy atom. The molecule has 0 aliphatic carbocycles. The van der Waals surface area contributed by atoms with Crippen LogP contribution in [0, 0.1) is 0 Å². The summed E-state index contributed by atoms with van der Waals surface area (Å²) < 4.78 is 1.34. The summed E-state index contributed by atoms with van der Waals surface area (Å²) in [6, 6.07) is 7.81. The van der Waals surface area contributed by atoms with Crippen molar-refractivity contribution in [1.29, 1.82) is 0 Å². The predicted molar refractivity (Wildman–Crippen MR) is 132 cm³/mol. The third kappa shape index (κ3) is 6.17. The molecular formula is C22H32N6O3S. The highest BCUT2D eigenvalue weighted by Gasteiger charge is 2.18. The average molecular weight is 461 g/mol. The normalized spacial score (nSPS) is 14.3. The number of nitrogens with two attached hydrogens (primary N) is 1. The molecule has 0 atom stereocenters. The molecule has 0 spiro atoms. The van der Waals surface area contributed by atoms with Gasteiger partial charge in [-0.15, -0.1) is 0 Å². The molecule has 0 radical (unpaired) electrons. The van der Waals surface area contributed by atoms with Gasteiger partial charge in [-0.1, -0.05) is 25.5 Å². The van der Waals surface area contributed by atoms with Crippen molar-refractivity contribution >= 4 is 34.9 Å². The minimum Gasteiger partial charge on any atom is -0.383 e. The lowest BCUT2D eigenvalue weighted by molar-refractivity contribution is -0.114. The number of hydrogen-bond donors (Lipinski definition) is 3. The van der Waals surface area contributed by atoms with Gasteiger partial charge in [-0.2, -0.15) is 11.8 Å². The maximum atomic E-state index is 12.7. The Labute approximate surface area is 192 Å². The number of benzene rings is 1. The van der Waals surface area contributed by atoms with Gasteiger partial charge in [0.1, 0.15) is 11.5 Å². The van der Waals surface area contributed by atoms with Gasteiger partial charge in [-0.25, -0.2) is 4.79 Å². The zero-order chi connectivity index (χ0) is 23.1. The van der Waals surface area contributed by atoms with E-state index in [9.17, 15) is 14.4 Å². The van der Waals surface area contributed by atoms with Gasteiger partial charge >= 0.3 is 5.69 Å². The number of unbranched alkanes of at least 4 members (excludes halogenated alkanes) is 1. The number of likely N-dealkylation sites (N-methyl/N-ethyl adjacent to an activating group) is 1. The first-order chi connectivity index (χ1) is 15.4. The number of thioether (sulfide) groups is 1. The lowest BCUT2D eigenvalue weighted by Gasteiger charge is -2.26. The topological polar surface area (TPSA) is 116 Å². The molecule has 0 bridgehead atoms. The lowest BCUT2D eigenvalue weighted by Crippen LogP contribution is -2.39. The second kappa shape index (κ2) is 11.2. The molecule has 10 heteroatoms. The molecule has 1 aromatic heterocycles. The SMILES string of the molecule is CCCCn1c(N)c(N(C)CC(=O)Nc2cccc(CN3CCSCC3)c2)c(=O)[nH]c1=O. The van der Waals surface area contributed by atoms with Crippen LogP contribution in [0.25, 0.3) is 0 Å². The van der Waals surface area contributed by atoms with Crippen molar-refractivity contribution in [2.45, 2.75) is 32.9 Å². The van der Waals surface area contributed by atoms with Crippen molar-refractivity contribution in [1.82, 2.24) is 14.5 Å². The quantitative estimate of drug-likeness (QED) is 0.520. The molecular weight excluding hydrogens is 428 g/mol. The van der Waals surface area contributed by atoms with Gasteiger partial charge in [-0.3, -0.25) is 24.0 Å². The number of aromatic amines is 1. The fraction of sp³-hybridized carbons (Fsp3) is 0.500. The molecule has 1 amide bonds. The molecule has 9 nitrogen and oxygen atoms in total. The second-order valence-corrected chi connectivity index (χ2v) is 9.22. The van der Waals surface area contributed by atoms with E-state index in [0.717, 1.165) is 49.5 Å². The van der Waals surface area contributed by atoms with Gasteiger partial charge in [0.25, 0.3) is 5.56 Å². The summed E-state index contributed by atoms with van der Waals surface area (Å²) in [4.78, 5) is 43.3. The first kappa shape index (κ1) is 23.9. The molecule has 32 heavy (non-hydrogen) atoms. The highest BCUT2D eigenvalue weighted by atomic mass is 32.2. The number of carbonyl (C=O) groups excluding carboxylic acids is 1. The van der Waals surface area contributed by atoms with Gasteiger partial charge in [0, 0.05) is 50.4 Å². The van der Waals surface area contributed by atoms with Crippen LogP contribution >= 0.6 is 11.8 Å². The highest BCUT2D eigenvalue weighted by Crippen LogP contribution is 2.18. The number of H-pyrrole nitrogens is 1. The van der Waals surface area contributed by atoms with Crippen LogP contribution in [-0.4, -0.2) is 58.5 Å². The fourth-order valence-corrected chi connectivity index (χ4v) is 4.72. The maximum absolute atomic E-state index is 12.7. The summed E-state index contributed by atoms with van der Waals surface area (Å²) in [7, 11) is 1.61. The third-order valence-corrected chi connectivity index (χ3v) is 6.38. The zero-order valence-electron chi connectivity index (χ0n) is 18.7. The average Bonchev–Trinajstić information content (AvgIpc) is 2.74. The van der Waals surface area contributed by atoms with Gasteiger partial charge in [0.05, 0.1) is 6.54 Å². The summed E-state index contributed by atoms with van der Waals surface area (Å²) in [5.41, 5.74) is 6.97. The first-order valence-electron chi connectivity index (χ1n) is 10.9. The Hall–Kier alpha value is -2.72. The molecule has 1 saturated heterocycles. The Morgan fingerprint density at radius 2 is 2.03 bits per heavy atom. The summed E-state index contributed by atoms with van der Waals surface area (Å²) >= 11 is 1.98. The molecule has 1 aromatic carbocycles. The number of hydrogen-bond acceptors (Lipinski definition) is 7. The molecule has 174 valence electrons. The van der Waals surface area contributed by atoms with E-state index in [2.05, 4.69) is 21.3 Å². The first-order valence-corrected chi connectivity index (χ1v) is 12.1. The maximum Gasteiger partial charge on any atom is 0.330 e. The Kier molecular flexibility index (Phi) is 8.40. The summed E-state index contributed by atoms with van der Waals surface area (Å²) in [6.45, 7) is 5.34. The second-order valence-electron chi connectivity index (χ2n) is 7.99. The van der Waals surface area contributed by atoms with E-state index in [-0.39, 0.29) is 24.0 Å². The van der Waals surface area contributed by atoms with E-state index in [1.54, 1.807) is 7.05 Å². The summed E-state index contributed by atoms with van der Waals surface area (Å²) in [6.07, 6.45) is 1.64. The number of rotatable bonds is 9. The summed E-state index contributed by atoms with van der Waals surface area (Å²) in [5.74, 6) is 2.10. The van der Waals surface area contributed by atoms with Crippen LogP contribution < -0.4 is 27.2 Å². The predicted octanol–water partition coefficient (Wildman–Crippen LogP) is 1.54. The number of anilines is 3. The van der Waals surface area contributed by atoms with Gasteiger partial charge in [0.15, 0.2) is 0 Å². The van der Waals surface area contributed by atoms with Crippen LogP contribution in [0.4, 0.5) is 17.2 Å². The van der Waals surface area contributed by atoms with E-state index in [0.29, 0.717) is 12.2 Å². The van der Waals surface area contributed by atoms with E-state index in [1.807, 2.05) is 36.9 Å². The molecule has 0 unspecified atom stereocenters. The van der Waals surface area contributed by atoms with Crippen LogP contribution in [0.2, 0.25) is 0 Å². The van der Waals surface area contributed by atoms with E-state index >= 15 is 0 Å². The molecule has 3 rings (SSSR count). The molecule has 2 heterocycles. The van der Waals surface area contributed by atoms with Crippen LogP contribution in [0.15, 0.2) is 33.9 Å². The zero-order valence-corrected chi connectivity index (χ0v) is 19.5. The molecule has 2 aromatic rings. The minimum absolute atomic E-state index is 0.0733. The molecule has 1 aliphatic heterocycles. The summed E-state index contributed by atoms with van der Waals surface area (Å²) in [5, 5.41) is 2.89. The van der Waals surface area contributed by atoms with E-state index in [1.165, 1.54) is 9.47 Å². The van der Waals surface area contributed by atoms with E-state index in [4.69, 9.17) is 5.73 Å². The van der Waals surface area contributed by atoms with Crippen LogP contribution in [0.5, 0.6) is 0 Å². The Balaban J connectivity index is 1.67. The van der Waals surface area contributed by atoms with Crippen molar-refractivity contribution in [2.75, 3.05) is 54.1 Å². The number of carbonyl (C=O) groups is 1. The molecule has 0 saturated carbocycles. The Bertz CT molecular complexity index is 1040. The number of nitrogen functional groups attached to an aromatic ring is 1. The minimum atomic E-state index is -0.600. The van der Waals surface area contributed by atoms with Crippen LogP contribution in [-0.2, 0) is 17.9 Å². The van der Waals surface area contributed by atoms with Crippen molar-refractivity contribution in [3.05, 3.63) is 50.7 Å². The molecule has 1 fully saturated rings. The molecule has 1 aliphatic rings. The number of nitrogens with one attached hydrogen (secondary N) is 2. The number of amides is 1. The largest absolute Gasteiger partial charge is 0.383 e. The van der Waals surface area contributed by atoms with Crippen molar-refractivity contribution in [3.63, 3.8) is 0 Å². The van der Waals surface area contributed by atoms with Crippen molar-refractivity contribution < 1.29 is 4.79 Å². The van der Waals surface area contributed by atoms with Crippen molar-refractivity contribution in [3.8, 4) is 0 Å². The highest BCUT2D eigenvalue weighted by molar-refractivity contribution is 7.99. The fourth-order valence-electron chi connectivity index (χ4n) is 3.74. The Morgan fingerprint density at radius 1 is 1.28 bits per heavy atom. The van der Waals surface area contributed by atoms with Gasteiger partial charge in [-0.05, 0) is 24.1 Å². The van der Waals surface area contributed by atoms with Crippen LogP contribution in [0.1, 0.15) is 25.3 Å². The van der Waals surface area contributed by atoms with E-state index < -0.39 is 11.2 Å². The third-order valence-electron chi connectivity index (χ3n) is 5.43. The number of nitrogens with zero attached hydrogens (tertiary/aromatic N) is 3. The van der Waals surface area contributed by atoms with Crippen molar-refractivity contribution in [2.24, 2.45) is 0 Å². The lowest BCUT2D eigenvalue weighted by atomic mass is 10.2. The van der Waals surface area contributed by atoms with Crippen LogP contribution in [0.3, 0.4) is 0 Å². The molecule has 4 N–H and O–H groups in total. The number of aromatic nitrogens is 2. The standard InChI is InChI=1S/C22H32N6O3S/c1-3-4-8-28-20(23)19(21(30)25-22(28)31)26(2)15-18(29)24-17-7-5-6-16(13-17)14-27-9-11-32-12-10-27/h5-7,13H,3-4,8-12,14-15,23H2,1-2H3,(H,24,29)(H,25,30,31). The van der Waals surface area contributed by atoms with Gasteiger partial charge < -0.3 is 16.0 Å².